The van der Waals surface area contributed by atoms with Crippen LogP contribution in [-0.4, -0.2) is 50.4 Å². The Hall–Kier alpha value is -2.15. The number of aromatic nitrogens is 2. The van der Waals surface area contributed by atoms with Crippen molar-refractivity contribution in [2.24, 2.45) is 5.92 Å². The maximum atomic E-state index is 13.3. The van der Waals surface area contributed by atoms with Crippen LogP contribution in [0.15, 0.2) is 34.0 Å². The first-order valence-electron chi connectivity index (χ1n) is 12.6. The molecular weight excluding hydrogens is 603 g/mol. The highest BCUT2D eigenvalue weighted by Crippen LogP contribution is 2.48. The topological polar surface area (TPSA) is 83.4 Å². The van der Waals surface area contributed by atoms with Gasteiger partial charge >= 0.3 is 11.5 Å². The predicted octanol–water partition coefficient (Wildman–Crippen LogP) is 8.04. The fourth-order valence-electron chi connectivity index (χ4n) is 4.96. The van der Waals surface area contributed by atoms with Gasteiger partial charge < -0.3 is 10.0 Å². The maximum absolute atomic E-state index is 13.3. The summed E-state index contributed by atoms with van der Waals surface area (Å²) in [6, 6.07) is 4.87. The molecule has 1 aromatic carbocycles. The molecule has 3 aromatic rings. The highest BCUT2D eigenvalue weighted by atomic mass is 35.5. The molecule has 6 nitrogen and oxygen atoms in total. The third-order valence-corrected chi connectivity index (χ3v) is 9.54. The van der Waals surface area contributed by atoms with Gasteiger partial charge in [-0.3, -0.25) is 9.59 Å². The minimum Gasteiger partial charge on any atom is -0.481 e. The number of hydrogen-bond acceptors (Lipinski definition) is 7. The molecule has 3 atom stereocenters. The first-order chi connectivity index (χ1) is 18.6. The molecule has 1 saturated heterocycles. The van der Waals surface area contributed by atoms with Crippen LogP contribution < -0.4 is 0 Å². The maximum Gasteiger partial charge on any atom is 0.446 e. The quantitative estimate of drug-likeness (QED) is 0.266. The van der Waals surface area contributed by atoms with E-state index in [1.165, 1.54) is 28.7 Å². The smallest absolute Gasteiger partial charge is 0.446 e. The number of thioether (sulfide) groups is 1. The van der Waals surface area contributed by atoms with Crippen molar-refractivity contribution in [2.75, 3.05) is 13.1 Å². The predicted molar refractivity (Wildman–Crippen MR) is 153 cm³/mol. The fraction of sp³-hybridized carbons (Fsp3) is 0.481. The molecule has 1 amide bonds. The van der Waals surface area contributed by atoms with Crippen LogP contribution in [-0.2, 0) is 15.0 Å². The number of thiazole rings is 2. The van der Waals surface area contributed by atoms with Crippen molar-refractivity contribution < 1.29 is 27.9 Å². The van der Waals surface area contributed by atoms with Crippen molar-refractivity contribution in [3.05, 3.63) is 49.7 Å². The molecular formula is C27H29ClF3N3O3S3. The van der Waals surface area contributed by atoms with Crippen molar-refractivity contribution in [1.82, 2.24) is 14.9 Å². The molecule has 0 spiro atoms. The molecule has 216 valence electrons. The third kappa shape index (κ3) is 7.37. The molecule has 2 aromatic heterocycles. The van der Waals surface area contributed by atoms with E-state index in [0.717, 1.165) is 16.3 Å². The molecule has 3 heterocycles. The Morgan fingerprint density at radius 2 is 1.90 bits per heavy atom. The zero-order valence-electron chi connectivity index (χ0n) is 22.3. The van der Waals surface area contributed by atoms with Crippen LogP contribution in [0.4, 0.5) is 13.2 Å². The number of carbonyl (C=O) groups is 2. The van der Waals surface area contributed by atoms with Gasteiger partial charge in [0.15, 0.2) is 0 Å². The Bertz CT molecular complexity index is 1370. The number of alkyl halides is 3. The van der Waals surface area contributed by atoms with E-state index in [2.05, 4.69) is 4.98 Å². The lowest BCUT2D eigenvalue weighted by atomic mass is 9.77. The fourth-order valence-corrected chi connectivity index (χ4v) is 7.72. The van der Waals surface area contributed by atoms with E-state index in [1.54, 1.807) is 16.5 Å². The van der Waals surface area contributed by atoms with E-state index in [4.69, 9.17) is 21.7 Å². The van der Waals surface area contributed by atoms with Gasteiger partial charge in [-0.25, -0.2) is 9.97 Å². The number of hydrogen-bond donors (Lipinski definition) is 1. The monoisotopic (exact) mass is 631 g/mol. The zero-order chi connectivity index (χ0) is 29.4. The van der Waals surface area contributed by atoms with E-state index >= 15 is 0 Å². The van der Waals surface area contributed by atoms with Crippen molar-refractivity contribution in [3.63, 3.8) is 0 Å². The van der Waals surface area contributed by atoms with Crippen LogP contribution in [0.1, 0.15) is 68.6 Å². The van der Waals surface area contributed by atoms with Gasteiger partial charge in [-0.05, 0) is 46.9 Å². The number of likely N-dealkylation sites (tertiary alicyclic amines) is 1. The molecule has 1 aliphatic rings. The van der Waals surface area contributed by atoms with Gasteiger partial charge in [0.05, 0.1) is 22.6 Å². The lowest BCUT2D eigenvalue weighted by Crippen LogP contribution is -2.46. The summed E-state index contributed by atoms with van der Waals surface area (Å²) < 4.78 is 40.2. The molecule has 0 saturated carbocycles. The van der Waals surface area contributed by atoms with Crippen LogP contribution in [0.3, 0.4) is 0 Å². The van der Waals surface area contributed by atoms with E-state index in [-0.39, 0.29) is 53.2 Å². The van der Waals surface area contributed by atoms with Gasteiger partial charge in [0.25, 0.3) is 0 Å². The summed E-state index contributed by atoms with van der Waals surface area (Å²) in [7, 11) is 0. The summed E-state index contributed by atoms with van der Waals surface area (Å²) >= 11 is 9.29. The lowest BCUT2D eigenvalue weighted by molar-refractivity contribution is -0.141. The van der Waals surface area contributed by atoms with Crippen LogP contribution >= 0.6 is 46.0 Å². The largest absolute Gasteiger partial charge is 0.481 e. The number of rotatable bonds is 7. The third-order valence-electron chi connectivity index (χ3n) is 6.88. The lowest BCUT2D eigenvalue weighted by Gasteiger charge is -2.41. The molecule has 1 N–H and O–H groups in total. The highest BCUT2D eigenvalue weighted by molar-refractivity contribution is 8.00. The number of amides is 1. The molecule has 3 unspecified atom stereocenters. The van der Waals surface area contributed by atoms with Gasteiger partial charge in [-0.15, -0.1) is 22.7 Å². The molecule has 0 aliphatic carbocycles. The van der Waals surface area contributed by atoms with E-state index in [9.17, 15) is 22.8 Å². The van der Waals surface area contributed by atoms with Crippen molar-refractivity contribution in [2.45, 2.75) is 68.2 Å². The number of piperidine rings is 1. The summed E-state index contributed by atoms with van der Waals surface area (Å²) in [5.41, 5.74) is -0.607. The minimum absolute atomic E-state index is 0.0541. The Kier molecular flexibility index (Phi) is 9.23. The van der Waals surface area contributed by atoms with Gasteiger partial charge in [-0.2, -0.15) is 13.2 Å². The average Bonchev–Trinajstić information content (AvgIpc) is 3.50. The summed E-state index contributed by atoms with van der Waals surface area (Å²) in [6.07, 6.45) is -0.311. The molecule has 4 rings (SSSR count). The second-order valence-corrected chi connectivity index (χ2v) is 14.4. The summed E-state index contributed by atoms with van der Waals surface area (Å²) in [6.45, 7) is 8.60. The van der Waals surface area contributed by atoms with Crippen LogP contribution in [0, 0.1) is 5.92 Å². The Labute approximate surface area is 248 Å². The average molecular weight is 632 g/mol. The van der Waals surface area contributed by atoms with Crippen molar-refractivity contribution in [3.8, 4) is 11.3 Å². The minimum atomic E-state index is -4.43. The number of carboxylic acids is 1. The second-order valence-electron chi connectivity index (χ2n) is 10.9. The summed E-state index contributed by atoms with van der Waals surface area (Å²) in [4.78, 5) is 35.0. The SMILES string of the molecule is CC1CN(C(=O)CCC(=O)O)CC(c2cscn2)C1c1nc(-c2cc(SC(F)(F)F)cc(C(C)(C)C)c2)c(Cl)s1. The number of nitrogens with zero attached hydrogens (tertiary/aromatic N) is 3. The standard InChI is InChI=1S/C27H29ClF3N3O3S3/c1-14-10-34(20(35)5-6-21(36)37)11-18(19-12-38-13-32-19)22(14)25-33-23(24(28)39-25)15-7-16(26(2,3)4)9-17(8-15)40-27(29,30)31/h7-9,12-14,18,22H,5-6,10-11H2,1-4H3,(H,36,37). The Morgan fingerprint density at radius 3 is 2.50 bits per heavy atom. The molecule has 0 radical (unpaired) electrons. The normalized spacial score (nSPS) is 20.1. The first-order valence-corrected chi connectivity index (χ1v) is 15.5. The molecule has 40 heavy (non-hydrogen) atoms. The van der Waals surface area contributed by atoms with Gasteiger partial charge in [0.1, 0.15) is 10.0 Å². The Morgan fingerprint density at radius 1 is 1.18 bits per heavy atom. The number of aliphatic carboxylic acids is 1. The number of carbonyl (C=O) groups excluding carboxylic acids is 1. The van der Waals surface area contributed by atoms with Crippen LogP contribution in [0.2, 0.25) is 4.34 Å². The zero-order valence-corrected chi connectivity index (χ0v) is 25.5. The Balaban J connectivity index is 1.71. The number of benzene rings is 1. The van der Waals surface area contributed by atoms with E-state index in [1.807, 2.05) is 39.1 Å². The molecule has 1 aliphatic heterocycles. The first kappa shape index (κ1) is 30.8. The summed E-state index contributed by atoms with van der Waals surface area (Å²) in [5.74, 6) is -1.64. The van der Waals surface area contributed by atoms with E-state index < -0.39 is 16.9 Å². The highest BCUT2D eigenvalue weighted by Gasteiger charge is 2.41. The van der Waals surface area contributed by atoms with Crippen LogP contribution in [0.5, 0.6) is 0 Å². The molecule has 13 heteroatoms. The molecule has 1 fully saturated rings. The second kappa shape index (κ2) is 12.0. The van der Waals surface area contributed by atoms with Gasteiger partial charge in [0, 0.05) is 47.2 Å². The van der Waals surface area contributed by atoms with E-state index in [0.29, 0.717) is 28.7 Å². The number of halogens is 4. The van der Waals surface area contributed by atoms with Gasteiger partial charge in [0.2, 0.25) is 5.91 Å². The molecule has 0 bridgehead atoms. The van der Waals surface area contributed by atoms with Crippen LogP contribution in [0.25, 0.3) is 11.3 Å². The summed E-state index contributed by atoms with van der Waals surface area (Å²) in [5, 5.41) is 11.7. The number of carboxylic acid groups (broad SMARTS) is 1. The van der Waals surface area contributed by atoms with Crippen molar-refractivity contribution >= 4 is 57.9 Å². The van der Waals surface area contributed by atoms with Gasteiger partial charge in [-0.1, -0.05) is 39.3 Å². The van der Waals surface area contributed by atoms with Crippen molar-refractivity contribution in [1.29, 1.82) is 0 Å².